The van der Waals surface area contributed by atoms with Gasteiger partial charge in [0.2, 0.25) is 0 Å². The quantitative estimate of drug-likeness (QED) is 0.746. The lowest BCUT2D eigenvalue weighted by Crippen LogP contribution is -1.89. The van der Waals surface area contributed by atoms with E-state index in [4.69, 9.17) is 4.74 Å². The number of rotatable bonds is 1. The van der Waals surface area contributed by atoms with E-state index < -0.39 is 0 Å². The Morgan fingerprint density at radius 3 is 2.64 bits per heavy atom. The third-order valence-electron chi connectivity index (χ3n) is 2.33. The van der Waals surface area contributed by atoms with Gasteiger partial charge in [0.1, 0.15) is 5.75 Å². The van der Waals surface area contributed by atoms with Crippen molar-refractivity contribution in [1.82, 2.24) is 0 Å². The molecule has 0 aliphatic heterocycles. The lowest BCUT2D eigenvalue weighted by molar-refractivity contribution is 0.410. The SMILES string of the molecule is COc1c(C)cc2ccccc2c1Br. The highest BCUT2D eigenvalue weighted by Gasteiger charge is 2.08. The van der Waals surface area contributed by atoms with Gasteiger partial charge in [-0.05, 0) is 45.3 Å². The Morgan fingerprint density at radius 1 is 1.21 bits per heavy atom. The summed E-state index contributed by atoms with van der Waals surface area (Å²) in [6, 6.07) is 10.4. The summed E-state index contributed by atoms with van der Waals surface area (Å²) >= 11 is 3.57. The first-order valence-corrected chi connectivity index (χ1v) is 5.25. The van der Waals surface area contributed by atoms with Crippen molar-refractivity contribution in [2.24, 2.45) is 0 Å². The maximum atomic E-state index is 5.34. The minimum absolute atomic E-state index is 0.920. The molecule has 2 aromatic rings. The smallest absolute Gasteiger partial charge is 0.136 e. The van der Waals surface area contributed by atoms with E-state index in [0.29, 0.717) is 0 Å². The zero-order chi connectivity index (χ0) is 10.1. The molecule has 2 rings (SSSR count). The van der Waals surface area contributed by atoms with Gasteiger partial charge in [0.05, 0.1) is 11.6 Å². The summed E-state index contributed by atoms with van der Waals surface area (Å²) in [6.45, 7) is 2.05. The lowest BCUT2D eigenvalue weighted by atomic mass is 10.1. The maximum absolute atomic E-state index is 5.34. The molecule has 0 radical (unpaired) electrons. The molecular formula is C12H11BrO. The monoisotopic (exact) mass is 250 g/mol. The molecule has 1 nitrogen and oxygen atoms in total. The van der Waals surface area contributed by atoms with Crippen molar-refractivity contribution in [3.05, 3.63) is 40.4 Å². The first-order chi connectivity index (χ1) is 6.74. The molecule has 0 aromatic heterocycles. The number of ether oxygens (including phenoxy) is 1. The number of hydrogen-bond acceptors (Lipinski definition) is 1. The second kappa shape index (κ2) is 3.62. The van der Waals surface area contributed by atoms with Gasteiger partial charge in [-0.25, -0.2) is 0 Å². The molecule has 0 unspecified atom stereocenters. The van der Waals surface area contributed by atoms with Crippen LogP contribution in [0.25, 0.3) is 10.8 Å². The fraction of sp³-hybridized carbons (Fsp3) is 0.167. The van der Waals surface area contributed by atoms with Crippen LogP contribution in [0.4, 0.5) is 0 Å². The van der Waals surface area contributed by atoms with Crippen LogP contribution in [0.15, 0.2) is 34.8 Å². The summed E-state index contributed by atoms with van der Waals surface area (Å²) in [4.78, 5) is 0. The lowest BCUT2D eigenvalue weighted by Gasteiger charge is -2.10. The van der Waals surface area contributed by atoms with Crippen molar-refractivity contribution in [2.75, 3.05) is 7.11 Å². The Balaban J connectivity index is 2.86. The summed E-state index contributed by atoms with van der Waals surface area (Å²) < 4.78 is 6.37. The van der Waals surface area contributed by atoms with Gasteiger partial charge in [0.15, 0.2) is 0 Å². The average Bonchev–Trinajstić information content (AvgIpc) is 2.18. The molecule has 14 heavy (non-hydrogen) atoms. The first-order valence-electron chi connectivity index (χ1n) is 4.46. The van der Waals surface area contributed by atoms with E-state index in [1.165, 1.54) is 10.8 Å². The molecule has 0 N–H and O–H groups in total. The molecule has 0 saturated heterocycles. The Hall–Kier alpha value is -1.02. The van der Waals surface area contributed by atoms with Crippen LogP contribution in [0.2, 0.25) is 0 Å². The van der Waals surface area contributed by atoms with Gasteiger partial charge in [-0.2, -0.15) is 0 Å². The predicted octanol–water partition coefficient (Wildman–Crippen LogP) is 3.92. The van der Waals surface area contributed by atoms with E-state index in [9.17, 15) is 0 Å². The number of fused-ring (bicyclic) bond motifs is 1. The Labute approximate surface area is 91.8 Å². The summed E-state index contributed by atoms with van der Waals surface area (Å²) in [5.41, 5.74) is 1.15. The predicted molar refractivity (Wildman–Crippen MR) is 62.9 cm³/mol. The minimum Gasteiger partial charge on any atom is -0.495 e. The Bertz CT molecular complexity index is 477. The van der Waals surface area contributed by atoms with E-state index in [2.05, 4.69) is 41.1 Å². The average molecular weight is 251 g/mol. The van der Waals surface area contributed by atoms with Gasteiger partial charge < -0.3 is 4.74 Å². The van der Waals surface area contributed by atoms with Crippen LogP contribution >= 0.6 is 15.9 Å². The van der Waals surface area contributed by atoms with Gasteiger partial charge in [-0.1, -0.05) is 24.3 Å². The topological polar surface area (TPSA) is 9.23 Å². The zero-order valence-electron chi connectivity index (χ0n) is 8.17. The molecule has 0 amide bonds. The van der Waals surface area contributed by atoms with Crippen LogP contribution in [0, 0.1) is 6.92 Å². The molecule has 0 atom stereocenters. The van der Waals surface area contributed by atoms with Crippen molar-refractivity contribution >= 4 is 26.7 Å². The van der Waals surface area contributed by atoms with Gasteiger partial charge in [0, 0.05) is 0 Å². The maximum Gasteiger partial charge on any atom is 0.136 e. The summed E-state index contributed by atoms with van der Waals surface area (Å²) in [6.07, 6.45) is 0. The van der Waals surface area contributed by atoms with Crippen molar-refractivity contribution < 1.29 is 4.74 Å². The van der Waals surface area contributed by atoms with E-state index in [-0.39, 0.29) is 0 Å². The van der Waals surface area contributed by atoms with E-state index in [1.807, 2.05) is 12.1 Å². The Morgan fingerprint density at radius 2 is 1.93 bits per heavy atom. The third-order valence-corrected chi connectivity index (χ3v) is 3.12. The number of aryl methyl sites for hydroxylation is 1. The number of benzene rings is 2. The molecule has 72 valence electrons. The van der Waals surface area contributed by atoms with Crippen LogP contribution in [-0.2, 0) is 0 Å². The van der Waals surface area contributed by atoms with Crippen molar-refractivity contribution in [3.8, 4) is 5.75 Å². The normalized spacial score (nSPS) is 10.5. The molecule has 0 fully saturated rings. The van der Waals surface area contributed by atoms with Crippen molar-refractivity contribution in [1.29, 1.82) is 0 Å². The largest absolute Gasteiger partial charge is 0.495 e. The van der Waals surface area contributed by atoms with E-state index in [1.54, 1.807) is 7.11 Å². The molecule has 2 heteroatoms. The fourth-order valence-electron chi connectivity index (χ4n) is 1.67. The summed E-state index contributed by atoms with van der Waals surface area (Å²) in [7, 11) is 1.70. The number of hydrogen-bond donors (Lipinski definition) is 0. The second-order valence-electron chi connectivity index (χ2n) is 3.26. The van der Waals surface area contributed by atoms with Crippen molar-refractivity contribution in [2.45, 2.75) is 6.92 Å². The second-order valence-corrected chi connectivity index (χ2v) is 4.05. The van der Waals surface area contributed by atoms with Crippen LogP contribution in [-0.4, -0.2) is 7.11 Å². The highest BCUT2D eigenvalue weighted by atomic mass is 79.9. The van der Waals surface area contributed by atoms with Gasteiger partial charge in [-0.3, -0.25) is 0 Å². The molecule has 0 spiro atoms. The van der Waals surface area contributed by atoms with Gasteiger partial charge in [-0.15, -0.1) is 0 Å². The molecular weight excluding hydrogens is 240 g/mol. The Kier molecular flexibility index (Phi) is 2.46. The number of halogens is 1. The molecule has 0 aliphatic rings. The first kappa shape index (κ1) is 9.53. The van der Waals surface area contributed by atoms with Gasteiger partial charge in [0.25, 0.3) is 0 Å². The van der Waals surface area contributed by atoms with Crippen LogP contribution in [0.3, 0.4) is 0 Å². The third kappa shape index (κ3) is 1.40. The van der Waals surface area contributed by atoms with E-state index in [0.717, 1.165) is 15.8 Å². The van der Waals surface area contributed by atoms with Crippen LogP contribution < -0.4 is 4.74 Å². The highest BCUT2D eigenvalue weighted by Crippen LogP contribution is 2.35. The van der Waals surface area contributed by atoms with E-state index >= 15 is 0 Å². The highest BCUT2D eigenvalue weighted by molar-refractivity contribution is 9.10. The molecule has 2 aromatic carbocycles. The molecule has 0 heterocycles. The van der Waals surface area contributed by atoms with Crippen molar-refractivity contribution in [3.63, 3.8) is 0 Å². The van der Waals surface area contributed by atoms with Crippen LogP contribution in [0.5, 0.6) is 5.75 Å². The number of methoxy groups -OCH3 is 1. The zero-order valence-corrected chi connectivity index (χ0v) is 9.76. The molecule has 0 bridgehead atoms. The fourth-order valence-corrected chi connectivity index (χ4v) is 2.50. The summed E-state index contributed by atoms with van der Waals surface area (Å²) in [5, 5.41) is 2.42. The molecule has 0 saturated carbocycles. The minimum atomic E-state index is 0.920. The standard InChI is InChI=1S/C12H11BrO/c1-8-7-9-5-3-4-6-10(9)11(13)12(8)14-2/h3-7H,1-2H3. The molecule has 0 aliphatic carbocycles. The summed E-state index contributed by atoms with van der Waals surface area (Å²) in [5.74, 6) is 0.920. The van der Waals surface area contributed by atoms with Gasteiger partial charge >= 0.3 is 0 Å². The van der Waals surface area contributed by atoms with Crippen LogP contribution in [0.1, 0.15) is 5.56 Å².